The number of carbonyl (C=O) groups is 5. The van der Waals surface area contributed by atoms with Gasteiger partial charge in [0.15, 0.2) is 58.2 Å². The number of ether oxygens (including phenoxy) is 12. The maximum absolute atomic E-state index is 15.0. The number of alkyl carbamates (subject to hydrolysis) is 5. The molecule has 4 aromatic carbocycles. The molecule has 4 aromatic rings. The Morgan fingerprint density at radius 2 is 0.894 bits per heavy atom. The van der Waals surface area contributed by atoms with E-state index in [1.807, 2.05) is 121 Å². The summed E-state index contributed by atoms with van der Waals surface area (Å²) >= 11 is 0. The molecule has 0 aromatic heterocycles. The Balaban J connectivity index is 1.17. The van der Waals surface area contributed by atoms with Crippen LogP contribution in [0.25, 0.3) is 0 Å². The van der Waals surface area contributed by atoms with Gasteiger partial charge >= 0.3 is 30.5 Å². The van der Waals surface area contributed by atoms with Crippen LogP contribution in [-0.4, -0.2) is 194 Å². The standard InChI is InChI=1S/C83H127N5O21Si4/c1-22-45-94-71-67(105-73-64(88-78(92)98-51-57-41-33-26-34-42-57)69(109-113(20,21)83(11,12)13)68(108-112(18,19)82(8,9)10)62(102-73)47-84-75(89)95-48-54-35-27-23-28-36-54)63(53-100-111(16,17)81(5,6)7)103-74(71)106-70-65(60(46-61-66(70)107-79(93)87-61)86-77(91)97-50-56-39-31-25-32-40-56)104-72-59(85-76(90)96-49-55-37-29-24-30-38-55)44-43-58(101-72)52-99-110(14,15)80(2,3)4/h22-42,58-74H,1,43-53H2,2-21H3,(H,84,89)(H,85,90)(H,86,91)(H,87,93)(H,88,92)/t58-,59+,60-,61+,62-,63+,64+,65+,66-,67+,68+,69+,70-,71+,72+,73+,74-/m0/s1. The molecule has 4 aliphatic heterocycles. The fraction of sp³-hybridized carbons (Fsp3) is 0.627. The van der Waals surface area contributed by atoms with E-state index >= 15 is 4.79 Å². The third kappa shape index (κ3) is 24.7. The van der Waals surface area contributed by atoms with E-state index in [-0.39, 0.29) is 74.3 Å². The molecule has 626 valence electrons. The fourth-order valence-corrected chi connectivity index (χ4v) is 17.5. The number of benzene rings is 4. The number of fused-ring (bicyclic) bond motifs is 1. The zero-order chi connectivity index (χ0) is 82.5. The molecule has 0 radical (unpaired) electrons. The average molecular weight is 1640 g/mol. The normalized spacial score (nSPS) is 27.2. The summed E-state index contributed by atoms with van der Waals surface area (Å²) in [5, 5.41) is 14.0. The van der Waals surface area contributed by atoms with E-state index in [9.17, 15) is 19.2 Å². The van der Waals surface area contributed by atoms with Crippen molar-refractivity contribution >= 4 is 63.7 Å². The lowest BCUT2D eigenvalue weighted by molar-refractivity contribution is -0.293. The number of carbonyl (C=O) groups excluding carboxylic acids is 5. The molecule has 26 nitrogen and oxygen atoms in total. The Morgan fingerprint density at radius 3 is 1.37 bits per heavy atom. The third-order valence-corrected chi connectivity index (χ3v) is 41.6. The molecule has 5 fully saturated rings. The van der Waals surface area contributed by atoms with Crippen LogP contribution in [0.1, 0.15) is 125 Å². The second-order valence-electron chi connectivity index (χ2n) is 36.2. The van der Waals surface area contributed by atoms with Gasteiger partial charge in [-0.1, -0.05) is 210 Å². The monoisotopic (exact) mass is 1640 g/mol. The van der Waals surface area contributed by atoms with Gasteiger partial charge in [0.05, 0.1) is 50.2 Å². The second-order valence-corrected chi connectivity index (χ2v) is 55.3. The van der Waals surface area contributed by atoms with E-state index in [4.69, 9.17) is 74.5 Å². The van der Waals surface area contributed by atoms with E-state index < -0.39 is 173 Å². The highest BCUT2D eigenvalue weighted by Crippen LogP contribution is 2.47. The van der Waals surface area contributed by atoms with Gasteiger partial charge in [0.25, 0.3) is 0 Å². The molecular weight excluding hydrogens is 1520 g/mol. The van der Waals surface area contributed by atoms with Crippen molar-refractivity contribution < 1.29 is 98.5 Å². The molecule has 0 spiro atoms. The van der Waals surface area contributed by atoms with Gasteiger partial charge in [0, 0.05) is 6.54 Å². The van der Waals surface area contributed by atoms with Crippen LogP contribution >= 0.6 is 0 Å². The number of amides is 5. The first-order valence-corrected chi connectivity index (χ1v) is 51.3. The number of rotatable bonds is 32. The smallest absolute Gasteiger partial charge is 0.407 e. The molecule has 0 bridgehead atoms. The number of nitrogens with one attached hydrogen (secondary N) is 5. The van der Waals surface area contributed by atoms with Crippen LogP contribution in [-0.2, 0) is 101 Å². The van der Waals surface area contributed by atoms with Gasteiger partial charge in [-0.05, 0) is 114 Å². The van der Waals surface area contributed by atoms with Crippen molar-refractivity contribution in [3.63, 3.8) is 0 Å². The first kappa shape index (κ1) is 90.3. The zero-order valence-electron chi connectivity index (χ0n) is 70.0. The van der Waals surface area contributed by atoms with E-state index in [1.165, 1.54) is 0 Å². The Hall–Kier alpha value is -6.60. The maximum Gasteiger partial charge on any atom is 0.407 e. The first-order chi connectivity index (χ1) is 53.0. The molecule has 17 atom stereocenters. The number of hydrogen-bond donors (Lipinski definition) is 5. The van der Waals surface area contributed by atoms with Crippen molar-refractivity contribution in [2.24, 2.45) is 0 Å². The maximum atomic E-state index is 15.0. The SMILES string of the molecule is C=CCO[C@H]1[C@H](O[C@@H]2[C@H]3OC(=O)N[C@@H]3C[C@H](NC(=O)OCc3ccccc3)[C@H]2O[C@H]2O[C@H](CO[Si](C)(C)C(C)(C)C)CC[C@H]2NC(=O)OCc2ccccc2)O[C@H](CO[Si](C)(C)C(C)(C)C)[C@H]1O[C@H]1O[C@@H](CNC(=O)OCc2ccccc2)[C@@H](O[Si](C)(C)C(C)(C)C)[C@H](O[Si](C)(C)C(C)(C)C)[C@H]1NC(=O)OCc1ccccc1. The number of hydrogen-bond acceptors (Lipinski definition) is 21. The van der Waals surface area contributed by atoms with Gasteiger partial charge in [0.2, 0.25) is 0 Å². The summed E-state index contributed by atoms with van der Waals surface area (Å²) in [7, 11) is -10.9. The van der Waals surface area contributed by atoms with E-state index in [1.54, 1.807) is 6.08 Å². The Kier molecular flexibility index (Phi) is 30.9. The summed E-state index contributed by atoms with van der Waals surface area (Å²) in [6, 6.07) is 33.1. The minimum Gasteiger partial charge on any atom is -0.445 e. The van der Waals surface area contributed by atoms with E-state index in [2.05, 4.69) is 169 Å². The molecule has 1 saturated carbocycles. The van der Waals surface area contributed by atoms with Gasteiger partial charge in [0.1, 0.15) is 75.2 Å². The molecule has 9 rings (SSSR count). The van der Waals surface area contributed by atoms with Crippen LogP contribution in [0.4, 0.5) is 24.0 Å². The second kappa shape index (κ2) is 38.6. The van der Waals surface area contributed by atoms with Crippen LogP contribution < -0.4 is 26.6 Å². The molecule has 4 saturated heterocycles. The molecule has 5 N–H and O–H groups in total. The molecule has 30 heteroatoms. The summed E-state index contributed by atoms with van der Waals surface area (Å²) in [6.07, 6.45) is -17.1. The van der Waals surface area contributed by atoms with Crippen molar-refractivity contribution in [3.05, 3.63) is 156 Å². The molecule has 5 amide bonds. The van der Waals surface area contributed by atoms with Gasteiger partial charge in [-0.3, -0.25) is 0 Å². The van der Waals surface area contributed by atoms with Crippen molar-refractivity contribution in [1.29, 1.82) is 0 Å². The van der Waals surface area contributed by atoms with Crippen LogP contribution in [0.2, 0.25) is 72.5 Å². The van der Waals surface area contributed by atoms with Crippen LogP contribution in [0, 0.1) is 0 Å². The lowest BCUT2D eigenvalue weighted by Crippen LogP contribution is -2.71. The lowest BCUT2D eigenvalue weighted by atomic mass is 9.83. The summed E-state index contributed by atoms with van der Waals surface area (Å²) < 4.78 is 110. The third-order valence-electron chi connectivity index (χ3n) is 23.7. The summed E-state index contributed by atoms with van der Waals surface area (Å²) in [6.45, 7) is 46.2. The van der Waals surface area contributed by atoms with E-state index in [0.29, 0.717) is 12.8 Å². The van der Waals surface area contributed by atoms with Gasteiger partial charge in [-0.2, -0.15) is 0 Å². The van der Waals surface area contributed by atoms with Gasteiger partial charge < -0.3 is 101 Å². The molecule has 5 aliphatic rings. The molecule has 113 heavy (non-hydrogen) atoms. The van der Waals surface area contributed by atoms with Gasteiger partial charge in [-0.15, -0.1) is 6.58 Å². The minimum atomic E-state index is -2.98. The largest absolute Gasteiger partial charge is 0.445 e. The Labute approximate surface area is 673 Å². The Morgan fingerprint density at radius 1 is 0.469 bits per heavy atom. The highest BCUT2D eigenvalue weighted by Gasteiger charge is 2.61. The summed E-state index contributed by atoms with van der Waals surface area (Å²) in [5.74, 6) is 0. The highest BCUT2D eigenvalue weighted by molar-refractivity contribution is 6.75. The zero-order valence-corrected chi connectivity index (χ0v) is 74.0. The topological polar surface area (TPSA) is 293 Å². The van der Waals surface area contributed by atoms with Crippen molar-refractivity contribution in [1.82, 2.24) is 26.6 Å². The molecule has 1 aliphatic carbocycles. The van der Waals surface area contributed by atoms with Crippen LogP contribution in [0.5, 0.6) is 0 Å². The van der Waals surface area contributed by atoms with Gasteiger partial charge in [-0.25, -0.2) is 24.0 Å². The summed E-state index contributed by atoms with van der Waals surface area (Å²) in [4.78, 5) is 71.8. The molecular formula is C83H127N5O21Si4. The predicted octanol–water partition coefficient (Wildman–Crippen LogP) is 15.2. The minimum absolute atomic E-state index is 0.0183. The van der Waals surface area contributed by atoms with Crippen molar-refractivity contribution in [3.8, 4) is 0 Å². The first-order valence-electron chi connectivity index (χ1n) is 39.6. The predicted molar refractivity (Wildman–Crippen MR) is 437 cm³/mol. The van der Waals surface area contributed by atoms with Crippen molar-refractivity contribution in [2.45, 2.75) is 305 Å². The van der Waals surface area contributed by atoms with Crippen LogP contribution in [0.3, 0.4) is 0 Å². The average Bonchev–Trinajstić information content (AvgIpc) is 1.72. The van der Waals surface area contributed by atoms with E-state index in [0.717, 1.165) is 22.3 Å². The Bertz CT molecular complexity index is 3720. The molecule has 4 heterocycles. The fourth-order valence-electron chi connectivity index (χ4n) is 12.8. The van der Waals surface area contributed by atoms with Crippen LogP contribution in [0.15, 0.2) is 134 Å². The molecule has 0 unspecified atom stereocenters. The summed E-state index contributed by atoms with van der Waals surface area (Å²) in [5.41, 5.74) is 3.01. The lowest BCUT2D eigenvalue weighted by Gasteiger charge is -2.53. The van der Waals surface area contributed by atoms with Crippen molar-refractivity contribution in [2.75, 3.05) is 26.4 Å². The highest BCUT2D eigenvalue weighted by atomic mass is 28.4. The quantitative estimate of drug-likeness (QED) is 0.0172.